The molecule has 1 aliphatic rings. The molecule has 20 heavy (non-hydrogen) atoms. The van der Waals surface area contributed by atoms with Gasteiger partial charge in [0.25, 0.3) is 0 Å². The van der Waals surface area contributed by atoms with Crippen molar-refractivity contribution in [3.05, 3.63) is 29.3 Å². The highest BCUT2D eigenvalue weighted by Gasteiger charge is 2.27. The smallest absolute Gasteiger partial charge is 0.159 e. The van der Waals surface area contributed by atoms with Crippen LogP contribution in [0.3, 0.4) is 0 Å². The zero-order valence-electron chi connectivity index (χ0n) is 12.7. The van der Waals surface area contributed by atoms with Gasteiger partial charge in [-0.15, -0.1) is 0 Å². The molecule has 110 valence electrons. The molecule has 0 aromatic heterocycles. The number of rotatable bonds is 4. The van der Waals surface area contributed by atoms with Crippen LogP contribution < -0.4 is 4.74 Å². The first kappa shape index (κ1) is 15.0. The fourth-order valence-corrected chi connectivity index (χ4v) is 2.61. The van der Waals surface area contributed by atoms with Gasteiger partial charge in [-0.25, -0.2) is 0 Å². The summed E-state index contributed by atoms with van der Waals surface area (Å²) in [6.45, 7) is 9.07. The second-order valence-corrected chi connectivity index (χ2v) is 5.90. The molecule has 0 N–H and O–H groups in total. The van der Waals surface area contributed by atoms with E-state index in [-0.39, 0.29) is 11.4 Å². The molecule has 0 amide bonds. The van der Waals surface area contributed by atoms with Crippen molar-refractivity contribution in [1.29, 1.82) is 0 Å². The van der Waals surface area contributed by atoms with Gasteiger partial charge in [-0.3, -0.25) is 9.69 Å². The van der Waals surface area contributed by atoms with Gasteiger partial charge in [-0.2, -0.15) is 0 Å². The molecule has 0 atom stereocenters. The summed E-state index contributed by atoms with van der Waals surface area (Å²) in [7, 11) is 1.66. The summed E-state index contributed by atoms with van der Waals surface area (Å²) >= 11 is 0. The monoisotopic (exact) mass is 277 g/mol. The first-order valence-electron chi connectivity index (χ1n) is 6.95. The lowest BCUT2D eigenvalue weighted by atomic mass is 10.0. The van der Waals surface area contributed by atoms with Crippen molar-refractivity contribution < 1.29 is 14.3 Å². The van der Waals surface area contributed by atoms with Crippen molar-refractivity contribution in [3.63, 3.8) is 0 Å². The lowest BCUT2D eigenvalue weighted by molar-refractivity contribution is -0.0883. The summed E-state index contributed by atoms with van der Waals surface area (Å²) in [4.78, 5) is 13.9. The van der Waals surface area contributed by atoms with Crippen molar-refractivity contribution >= 4 is 5.78 Å². The highest BCUT2D eigenvalue weighted by molar-refractivity contribution is 5.94. The minimum Gasteiger partial charge on any atom is -0.496 e. The fourth-order valence-electron chi connectivity index (χ4n) is 2.61. The molecular formula is C16H23NO3. The number of morpholine rings is 1. The standard InChI is InChI=1S/C16H23NO3/c1-12(18)13-5-6-15(19-4)14(9-13)10-17-7-8-20-16(2,3)11-17/h5-6,9H,7-8,10-11H2,1-4H3. The van der Waals surface area contributed by atoms with Crippen LogP contribution in [0, 0.1) is 0 Å². The molecule has 1 aliphatic heterocycles. The third-order valence-electron chi connectivity index (χ3n) is 3.59. The maximum atomic E-state index is 11.5. The van der Waals surface area contributed by atoms with Gasteiger partial charge in [0.05, 0.1) is 19.3 Å². The quantitative estimate of drug-likeness (QED) is 0.793. The summed E-state index contributed by atoms with van der Waals surface area (Å²) in [6.07, 6.45) is 0. The molecule has 1 fully saturated rings. The lowest BCUT2D eigenvalue weighted by Gasteiger charge is -2.38. The molecular weight excluding hydrogens is 254 g/mol. The molecule has 1 saturated heterocycles. The normalized spacial score (nSPS) is 18.8. The van der Waals surface area contributed by atoms with Gasteiger partial charge < -0.3 is 9.47 Å². The largest absolute Gasteiger partial charge is 0.496 e. The SMILES string of the molecule is COc1ccc(C(C)=O)cc1CN1CCOC(C)(C)C1. The van der Waals surface area contributed by atoms with Crippen molar-refractivity contribution in [3.8, 4) is 5.75 Å². The molecule has 0 aliphatic carbocycles. The Labute approximate surface area is 120 Å². The third kappa shape index (κ3) is 3.58. The highest BCUT2D eigenvalue weighted by atomic mass is 16.5. The minimum atomic E-state index is -0.121. The second kappa shape index (κ2) is 5.94. The average Bonchev–Trinajstić information content (AvgIpc) is 2.37. The number of ether oxygens (including phenoxy) is 2. The van der Waals surface area contributed by atoms with Gasteiger partial charge in [0.1, 0.15) is 5.75 Å². The first-order chi connectivity index (χ1) is 9.41. The topological polar surface area (TPSA) is 38.8 Å². The van der Waals surface area contributed by atoms with Crippen molar-refractivity contribution in [2.75, 3.05) is 26.8 Å². The van der Waals surface area contributed by atoms with Crippen LogP contribution in [0.2, 0.25) is 0 Å². The summed E-state index contributed by atoms with van der Waals surface area (Å²) in [5.74, 6) is 0.913. The zero-order chi connectivity index (χ0) is 14.8. The number of methoxy groups -OCH3 is 1. The van der Waals surface area contributed by atoms with Gasteiger partial charge in [0.15, 0.2) is 5.78 Å². The van der Waals surface area contributed by atoms with Gasteiger partial charge in [-0.1, -0.05) is 0 Å². The molecule has 1 aromatic carbocycles. The number of hydrogen-bond acceptors (Lipinski definition) is 4. The molecule has 1 heterocycles. The Hall–Kier alpha value is -1.39. The van der Waals surface area contributed by atoms with Crippen LogP contribution >= 0.6 is 0 Å². The maximum absolute atomic E-state index is 11.5. The van der Waals surface area contributed by atoms with E-state index in [4.69, 9.17) is 9.47 Å². The van der Waals surface area contributed by atoms with Crippen LogP contribution in [0.15, 0.2) is 18.2 Å². The van der Waals surface area contributed by atoms with E-state index in [1.807, 2.05) is 18.2 Å². The Morgan fingerprint density at radius 2 is 2.20 bits per heavy atom. The van der Waals surface area contributed by atoms with Gasteiger partial charge in [0.2, 0.25) is 0 Å². The van der Waals surface area contributed by atoms with Crippen LogP contribution in [0.25, 0.3) is 0 Å². The second-order valence-electron chi connectivity index (χ2n) is 5.90. The number of Topliss-reactive ketones (excluding diaryl/α,β-unsaturated/α-hetero) is 1. The highest BCUT2D eigenvalue weighted by Crippen LogP contribution is 2.24. The van der Waals surface area contributed by atoms with E-state index in [0.717, 1.165) is 43.1 Å². The number of nitrogens with zero attached hydrogens (tertiary/aromatic N) is 1. The Morgan fingerprint density at radius 1 is 1.45 bits per heavy atom. The van der Waals surface area contributed by atoms with E-state index in [9.17, 15) is 4.79 Å². The van der Waals surface area contributed by atoms with Crippen molar-refractivity contribution in [2.24, 2.45) is 0 Å². The minimum absolute atomic E-state index is 0.0798. The lowest BCUT2D eigenvalue weighted by Crippen LogP contribution is -2.47. The van der Waals surface area contributed by atoms with Gasteiger partial charge in [0, 0.05) is 30.8 Å². The Balaban J connectivity index is 2.18. The van der Waals surface area contributed by atoms with E-state index in [1.54, 1.807) is 14.0 Å². The maximum Gasteiger partial charge on any atom is 0.159 e. The number of hydrogen-bond donors (Lipinski definition) is 0. The number of carbonyl (C=O) groups is 1. The first-order valence-corrected chi connectivity index (χ1v) is 6.95. The van der Waals surface area contributed by atoms with Crippen LogP contribution in [-0.2, 0) is 11.3 Å². The van der Waals surface area contributed by atoms with E-state index >= 15 is 0 Å². The van der Waals surface area contributed by atoms with Crippen LogP contribution in [0.1, 0.15) is 36.7 Å². The predicted octanol–water partition coefficient (Wildman–Crippen LogP) is 2.51. The van der Waals surface area contributed by atoms with E-state index in [0.29, 0.717) is 0 Å². The molecule has 0 unspecified atom stereocenters. The third-order valence-corrected chi connectivity index (χ3v) is 3.59. The fraction of sp³-hybridized carbons (Fsp3) is 0.562. The number of carbonyl (C=O) groups excluding carboxylic acids is 1. The van der Waals surface area contributed by atoms with Crippen LogP contribution in [0.5, 0.6) is 5.75 Å². The summed E-state index contributed by atoms with van der Waals surface area (Å²) in [5.41, 5.74) is 1.66. The number of benzene rings is 1. The van der Waals surface area contributed by atoms with Crippen LogP contribution in [-0.4, -0.2) is 43.1 Å². The van der Waals surface area contributed by atoms with Crippen LogP contribution in [0.4, 0.5) is 0 Å². The molecule has 0 saturated carbocycles. The number of ketones is 1. The molecule has 1 aromatic rings. The molecule has 0 spiro atoms. The summed E-state index contributed by atoms with van der Waals surface area (Å²) in [6, 6.07) is 5.62. The predicted molar refractivity (Wildman–Crippen MR) is 78.3 cm³/mol. The molecule has 0 radical (unpaired) electrons. The van der Waals surface area contributed by atoms with Crippen molar-refractivity contribution in [1.82, 2.24) is 4.90 Å². The van der Waals surface area contributed by atoms with E-state index in [1.165, 1.54) is 0 Å². The van der Waals surface area contributed by atoms with Gasteiger partial charge in [-0.05, 0) is 39.0 Å². The van der Waals surface area contributed by atoms with Gasteiger partial charge >= 0.3 is 0 Å². The Bertz CT molecular complexity index is 496. The molecule has 4 heteroatoms. The van der Waals surface area contributed by atoms with E-state index in [2.05, 4.69) is 18.7 Å². The molecule has 4 nitrogen and oxygen atoms in total. The summed E-state index contributed by atoms with van der Waals surface area (Å²) < 4.78 is 11.1. The van der Waals surface area contributed by atoms with Crippen molar-refractivity contribution in [2.45, 2.75) is 32.9 Å². The average molecular weight is 277 g/mol. The molecule has 0 bridgehead atoms. The Kier molecular flexibility index (Phi) is 4.45. The molecule has 2 rings (SSSR count). The zero-order valence-corrected chi connectivity index (χ0v) is 12.7. The summed E-state index contributed by atoms with van der Waals surface area (Å²) in [5, 5.41) is 0. The van der Waals surface area contributed by atoms with E-state index < -0.39 is 0 Å². The Morgan fingerprint density at radius 3 is 2.80 bits per heavy atom.